The van der Waals surface area contributed by atoms with Gasteiger partial charge in [-0.05, 0) is 35.7 Å². The standard InChI is InChI=1S/C16H17BrFN3.HI/c17-15-7-6-14(18)10-13(15)11-21-16(19)20-9-8-12-4-2-1-3-5-12;/h1-7,10H,8-9,11H2,(H3,19,20,21);1H. The summed E-state index contributed by atoms with van der Waals surface area (Å²) in [6.45, 7) is 1.05. The molecule has 0 saturated carbocycles. The third kappa shape index (κ3) is 6.31. The number of rotatable bonds is 5. The molecule has 0 atom stereocenters. The second-order valence-electron chi connectivity index (χ2n) is 4.60. The van der Waals surface area contributed by atoms with E-state index in [1.807, 2.05) is 18.2 Å². The summed E-state index contributed by atoms with van der Waals surface area (Å²) in [5.74, 6) is 0.0844. The minimum Gasteiger partial charge on any atom is -0.370 e. The van der Waals surface area contributed by atoms with Crippen LogP contribution in [0.15, 0.2) is 58.0 Å². The highest BCUT2D eigenvalue weighted by Gasteiger charge is 2.01. The van der Waals surface area contributed by atoms with Crippen molar-refractivity contribution >= 4 is 45.9 Å². The Morgan fingerprint density at radius 1 is 1.18 bits per heavy atom. The summed E-state index contributed by atoms with van der Waals surface area (Å²) in [5, 5.41) is 3.05. The van der Waals surface area contributed by atoms with Gasteiger partial charge in [0, 0.05) is 11.0 Å². The van der Waals surface area contributed by atoms with Gasteiger partial charge in [-0.2, -0.15) is 0 Å². The van der Waals surface area contributed by atoms with E-state index in [1.165, 1.54) is 17.7 Å². The molecule has 2 rings (SSSR count). The van der Waals surface area contributed by atoms with Crippen molar-refractivity contribution in [2.75, 3.05) is 6.54 Å². The molecule has 0 unspecified atom stereocenters. The first-order chi connectivity index (χ1) is 10.1. The molecule has 6 heteroatoms. The molecule has 0 amide bonds. The molecule has 3 N–H and O–H groups in total. The first kappa shape index (κ1) is 18.9. The highest BCUT2D eigenvalue weighted by Crippen LogP contribution is 2.18. The summed E-state index contributed by atoms with van der Waals surface area (Å²) in [7, 11) is 0. The predicted octanol–water partition coefficient (Wildman–Crippen LogP) is 3.85. The largest absolute Gasteiger partial charge is 0.370 e. The predicted molar refractivity (Wildman–Crippen MR) is 103 cm³/mol. The fraction of sp³-hybridized carbons (Fsp3) is 0.188. The number of hydrogen-bond acceptors (Lipinski definition) is 1. The molecule has 0 aliphatic heterocycles. The molecule has 0 radical (unpaired) electrons. The Labute approximate surface area is 155 Å². The Hall–Kier alpha value is -1.15. The van der Waals surface area contributed by atoms with Crippen molar-refractivity contribution in [2.45, 2.75) is 13.0 Å². The zero-order valence-electron chi connectivity index (χ0n) is 11.9. The molecule has 2 aromatic carbocycles. The van der Waals surface area contributed by atoms with E-state index in [4.69, 9.17) is 5.73 Å². The zero-order valence-corrected chi connectivity index (χ0v) is 15.8. The first-order valence-electron chi connectivity index (χ1n) is 6.67. The minimum absolute atomic E-state index is 0. The summed E-state index contributed by atoms with van der Waals surface area (Å²) in [5.41, 5.74) is 7.81. The number of aliphatic imine (C=N–C) groups is 1. The van der Waals surface area contributed by atoms with Crippen molar-refractivity contribution < 1.29 is 4.39 Å². The van der Waals surface area contributed by atoms with Gasteiger partial charge in [-0.25, -0.2) is 9.38 Å². The lowest BCUT2D eigenvalue weighted by molar-refractivity contribution is 0.625. The average molecular weight is 478 g/mol. The maximum atomic E-state index is 13.1. The molecule has 0 fully saturated rings. The van der Waals surface area contributed by atoms with Crippen LogP contribution < -0.4 is 11.1 Å². The van der Waals surface area contributed by atoms with Crippen molar-refractivity contribution in [3.63, 3.8) is 0 Å². The van der Waals surface area contributed by atoms with Crippen molar-refractivity contribution in [3.05, 3.63) is 69.9 Å². The molecule has 0 aliphatic carbocycles. The second kappa shape index (κ2) is 9.78. The van der Waals surface area contributed by atoms with Gasteiger partial charge in [-0.15, -0.1) is 24.0 Å². The molecule has 0 aromatic heterocycles. The number of benzene rings is 2. The third-order valence-corrected chi connectivity index (χ3v) is 3.76. The van der Waals surface area contributed by atoms with Crippen molar-refractivity contribution in [1.82, 2.24) is 5.32 Å². The van der Waals surface area contributed by atoms with Crippen LogP contribution in [0.3, 0.4) is 0 Å². The van der Waals surface area contributed by atoms with Gasteiger partial charge < -0.3 is 11.1 Å². The molecule has 0 saturated heterocycles. The minimum atomic E-state index is -0.279. The lowest BCUT2D eigenvalue weighted by Gasteiger charge is -2.06. The summed E-state index contributed by atoms with van der Waals surface area (Å²) in [6.07, 6.45) is 0.876. The van der Waals surface area contributed by atoms with Gasteiger partial charge >= 0.3 is 0 Å². The van der Waals surface area contributed by atoms with E-state index in [-0.39, 0.29) is 29.8 Å². The summed E-state index contributed by atoms with van der Waals surface area (Å²) >= 11 is 3.37. The molecule has 3 nitrogen and oxygen atoms in total. The van der Waals surface area contributed by atoms with Crippen LogP contribution in [0.2, 0.25) is 0 Å². The van der Waals surface area contributed by atoms with Crippen LogP contribution in [-0.2, 0) is 13.0 Å². The molecule has 0 bridgehead atoms. The van der Waals surface area contributed by atoms with E-state index >= 15 is 0 Å². The molecular formula is C16H18BrFIN3. The Balaban J connectivity index is 0.00000242. The van der Waals surface area contributed by atoms with Gasteiger partial charge in [-0.1, -0.05) is 46.3 Å². The number of guanidine groups is 1. The van der Waals surface area contributed by atoms with E-state index in [9.17, 15) is 4.39 Å². The van der Waals surface area contributed by atoms with Crippen molar-refractivity contribution in [2.24, 2.45) is 10.7 Å². The molecule has 2 aromatic rings. The molecule has 118 valence electrons. The maximum absolute atomic E-state index is 13.1. The monoisotopic (exact) mass is 477 g/mol. The van der Waals surface area contributed by atoms with Gasteiger partial charge in [0.1, 0.15) is 5.82 Å². The molecular weight excluding hydrogens is 460 g/mol. The fourth-order valence-electron chi connectivity index (χ4n) is 1.87. The Morgan fingerprint density at radius 2 is 1.91 bits per heavy atom. The van der Waals surface area contributed by atoms with E-state index < -0.39 is 0 Å². The second-order valence-corrected chi connectivity index (χ2v) is 5.45. The number of hydrogen-bond donors (Lipinski definition) is 2. The van der Waals surface area contributed by atoms with Crippen molar-refractivity contribution in [3.8, 4) is 0 Å². The lowest BCUT2D eigenvalue weighted by atomic mass is 10.1. The fourth-order valence-corrected chi connectivity index (χ4v) is 2.24. The SMILES string of the molecule is I.NC(=NCc1cc(F)ccc1Br)NCCc1ccccc1. The summed E-state index contributed by atoms with van der Waals surface area (Å²) in [4.78, 5) is 4.21. The number of nitrogens with one attached hydrogen (secondary N) is 1. The number of halogens is 3. The Bertz CT molecular complexity index is 620. The lowest BCUT2D eigenvalue weighted by Crippen LogP contribution is -2.33. The number of nitrogens with two attached hydrogens (primary N) is 1. The van der Waals surface area contributed by atoms with Gasteiger partial charge in [0.05, 0.1) is 6.54 Å². The highest BCUT2D eigenvalue weighted by molar-refractivity contribution is 14.0. The van der Waals surface area contributed by atoms with Crippen LogP contribution >= 0.6 is 39.9 Å². The third-order valence-electron chi connectivity index (χ3n) is 2.99. The van der Waals surface area contributed by atoms with Gasteiger partial charge in [0.2, 0.25) is 0 Å². The van der Waals surface area contributed by atoms with Crippen molar-refractivity contribution in [1.29, 1.82) is 0 Å². The molecule has 0 heterocycles. The van der Waals surface area contributed by atoms with Crippen LogP contribution in [0.5, 0.6) is 0 Å². The van der Waals surface area contributed by atoms with E-state index in [0.717, 1.165) is 16.5 Å². The maximum Gasteiger partial charge on any atom is 0.188 e. The van der Waals surface area contributed by atoms with Gasteiger partial charge in [0.25, 0.3) is 0 Å². The quantitative estimate of drug-likeness (QED) is 0.390. The molecule has 0 aliphatic rings. The van der Waals surface area contributed by atoms with Crippen LogP contribution in [0.1, 0.15) is 11.1 Å². The normalized spacial score (nSPS) is 10.9. The smallest absolute Gasteiger partial charge is 0.188 e. The average Bonchev–Trinajstić information content (AvgIpc) is 2.49. The van der Waals surface area contributed by atoms with Gasteiger partial charge in [0.15, 0.2) is 5.96 Å². The highest BCUT2D eigenvalue weighted by atomic mass is 127. The van der Waals surface area contributed by atoms with Crippen LogP contribution in [0.4, 0.5) is 4.39 Å². The number of nitrogens with zero attached hydrogens (tertiary/aromatic N) is 1. The van der Waals surface area contributed by atoms with Crippen LogP contribution in [0.25, 0.3) is 0 Å². The van der Waals surface area contributed by atoms with Gasteiger partial charge in [-0.3, -0.25) is 0 Å². The summed E-state index contributed by atoms with van der Waals surface area (Å²) in [6, 6.07) is 14.7. The Kier molecular flexibility index (Phi) is 8.40. The first-order valence-corrected chi connectivity index (χ1v) is 7.46. The topological polar surface area (TPSA) is 50.4 Å². The summed E-state index contributed by atoms with van der Waals surface area (Å²) < 4.78 is 14.0. The van der Waals surface area contributed by atoms with E-state index in [0.29, 0.717) is 19.0 Å². The molecule has 22 heavy (non-hydrogen) atoms. The van der Waals surface area contributed by atoms with Crippen LogP contribution in [-0.4, -0.2) is 12.5 Å². The zero-order chi connectivity index (χ0) is 15.1. The molecule has 0 spiro atoms. The Morgan fingerprint density at radius 3 is 2.64 bits per heavy atom. The van der Waals surface area contributed by atoms with E-state index in [1.54, 1.807) is 6.07 Å². The van der Waals surface area contributed by atoms with E-state index in [2.05, 4.69) is 38.4 Å². The van der Waals surface area contributed by atoms with Crippen LogP contribution in [0, 0.1) is 5.82 Å².